The molecule has 2 aromatic heterocycles. The number of furan rings is 1. The maximum absolute atomic E-state index is 13.0. The highest BCUT2D eigenvalue weighted by Crippen LogP contribution is 2.30. The standard InChI is InChI=1S/C25H21F4N3O3/c1-15-23(16(2)32(31-15)13-17-4-3-5-18(12-17)25(27,28)29)30-24(33)22-11-10-21(35-22)14-34-20-8-6-19(26)7-9-20/h3-12H,13-14H2,1-2H3,(H,30,33). The largest absolute Gasteiger partial charge is 0.486 e. The Morgan fingerprint density at radius 3 is 2.54 bits per heavy atom. The topological polar surface area (TPSA) is 69.3 Å². The maximum Gasteiger partial charge on any atom is 0.416 e. The van der Waals surface area contributed by atoms with Gasteiger partial charge in [0.15, 0.2) is 5.76 Å². The monoisotopic (exact) mass is 487 g/mol. The number of aromatic nitrogens is 2. The van der Waals surface area contributed by atoms with Crippen LogP contribution in [0.4, 0.5) is 23.2 Å². The Balaban J connectivity index is 1.43. The lowest BCUT2D eigenvalue weighted by Crippen LogP contribution is -2.13. The van der Waals surface area contributed by atoms with Gasteiger partial charge in [0.05, 0.1) is 29.2 Å². The minimum absolute atomic E-state index is 0.0475. The Morgan fingerprint density at radius 2 is 1.83 bits per heavy atom. The Hall–Kier alpha value is -4.08. The zero-order chi connectivity index (χ0) is 25.2. The van der Waals surface area contributed by atoms with E-state index in [1.807, 2.05) is 0 Å². The molecule has 1 N–H and O–H groups in total. The Labute approximate surface area is 198 Å². The average molecular weight is 487 g/mol. The smallest absolute Gasteiger partial charge is 0.416 e. The van der Waals surface area contributed by atoms with Crippen LogP contribution in [0.15, 0.2) is 65.1 Å². The molecule has 2 aromatic carbocycles. The molecular weight excluding hydrogens is 466 g/mol. The van der Waals surface area contributed by atoms with Crippen molar-refractivity contribution in [2.45, 2.75) is 33.2 Å². The lowest BCUT2D eigenvalue weighted by Gasteiger charge is -2.10. The number of ether oxygens (including phenoxy) is 1. The van der Waals surface area contributed by atoms with E-state index in [9.17, 15) is 22.4 Å². The summed E-state index contributed by atoms with van der Waals surface area (Å²) in [5.74, 6) is 0.00873. The van der Waals surface area contributed by atoms with Gasteiger partial charge < -0.3 is 14.5 Å². The van der Waals surface area contributed by atoms with Crippen molar-refractivity contribution in [3.63, 3.8) is 0 Å². The van der Waals surface area contributed by atoms with Gasteiger partial charge in [0.25, 0.3) is 5.91 Å². The number of aryl methyl sites for hydroxylation is 1. The molecule has 0 saturated heterocycles. The number of rotatable bonds is 7. The van der Waals surface area contributed by atoms with Crippen LogP contribution in [0.1, 0.15) is 38.8 Å². The van der Waals surface area contributed by atoms with Crippen molar-refractivity contribution in [3.8, 4) is 5.75 Å². The van der Waals surface area contributed by atoms with Gasteiger partial charge in [0.1, 0.15) is 23.9 Å². The van der Waals surface area contributed by atoms with Crippen LogP contribution < -0.4 is 10.1 Å². The summed E-state index contributed by atoms with van der Waals surface area (Å²) in [4.78, 5) is 12.7. The van der Waals surface area contributed by atoms with E-state index in [4.69, 9.17) is 9.15 Å². The first-order valence-corrected chi connectivity index (χ1v) is 10.6. The second-order valence-corrected chi connectivity index (χ2v) is 7.86. The van der Waals surface area contributed by atoms with Gasteiger partial charge in [-0.2, -0.15) is 18.3 Å². The van der Waals surface area contributed by atoms with Crippen molar-refractivity contribution in [1.82, 2.24) is 9.78 Å². The maximum atomic E-state index is 13.0. The molecule has 0 aliphatic rings. The quantitative estimate of drug-likeness (QED) is 0.319. The molecule has 35 heavy (non-hydrogen) atoms. The number of hydrogen-bond acceptors (Lipinski definition) is 4. The summed E-state index contributed by atoms with van der Waals surface area (Å²) < 4.78 is 64.6. The first-order valence-electron chi connectivity index (χ1n) is 10.6. The van der Waals surface area contributed by atoms with E-state index in [0.29, 0.717) is 34.1 Å². The van der Waals surface area contributed by atoms with Gasteiger partial charge in [-0.1, -0.05) is 12.1 Å². The van der Waals surface area contributed by atoms with Crippen LogP contribution in [0.2, 0.25) is 0 Å². The van der Waals surface area contributed by atoms with E-state index in [-0.39, 0.29) is 24.7 Å². The fraction of sp³-hybridized carbons (Fsp3) is 0.200. The molecule has 0 aliphatic carbocycles. The highest BCUT2D eigenvalue weighted by Gasteiger charge is 2.30. The van der Waals surface area contributed by atoms with E-state index in [0.717, 1.165) is 12.1 Å². The van der Waals surface area contributed by atoms with Crippen LogP contribution >= 0.6 is 0 Å². The van der Waals surface area contributed by atoms with Gasteiger partial charge in [-0.25, -0.2) is 4.39 Å². The number of carbonyl (C=O) groups excluding carboxylic acids is 1. The van der Waals surface area contributed by atoms with Gasteiger partial charge in [-0.05, 0) is 67.9 Å². The van der Waals surface area contributed by atoms with Crippen molar-refractivity contribution >= 4 is 11.6 Å². The van der Waals surface area contributed by atoms with Crippen LogP contribution in [0.3, 0.4) is 0 Å². The molecule has 0 fully saturated rings. The third-order valence-corrected chi connectivity index (χ3v) is 5.29. The normalized spacial score (nSPS) is 11.5. The molecule has 2 heterocycles. The molecule has 10 heteroatoms. The number of benzene rings is 2. The lowest BCUT2D eigenvalue weighted by atomic mass is 10.1. The Bertz CT molecular complexity index is 1340. The summed E-state index contributed by atoms with van der Waals surface area (Å²) in [6, 6.07) is 13.6. The van der Waals surface area contributed by atoms with Crippen molar-refractivity contribution in [1.29, 1.82) is 0 Å². The van der Waals surface area contributed by atoms with Gasteiger partial charge >= 0.3 is 6.18 Å². The van der Waals surface area contributed by atoms with Crippen molar-refractivity contribution in [2.75, 3.05) is 5.32 Å². The highest BCUT2D eigenvalue weighted by molar-refractivity contribution is 6.02. The summed E-state index contributed by atoms with van der Waals surface area (Å²) in [6.07, 6.45) is -4.43. The molecule has 0 spiro atoms. The number of hydrogen-bond donors (Lipinski definition) is 1. The van der Waals surface area contributed by atoms with Crippen LogP contribution in [0, 0.1) is 19.7 Å². The van der Waals surface area contributed by atoms with Crippen molar-refractivity contribution in [2.24, 2.45) is 0 Å². The molecule has 0 unspecified atom stereocenters. The SMILES string of the molecule is Cc1nn(Cc2cccc(C(F)(F)F)c2)c(C)c1NC(=O)c1ccc(COc2ccc(F)cc2)o1. The van der Waals surface area contributed by atoms with Gasteiger partial charge in [-0.15, -0.1) is 0 Å². The molecule has 0 aliphatic heterocycles. The first-order chi connectivity index (χ1) is 16.6. The van der Waals surface area contributed by atoms with E-state index in [1.54, 1.807) is 26.0 Å². The highest BCUT2D eigenvalue weighted by atomic mass is 19.4. The molecule has 0 saturated carbocycles. The first kappa shape index (κ1) is 24.1. The average Bonchev–Trinajstić information content (AvgIpc) is 3.39. The molecule has 182 valence electrons. The number of nitrogens with zero attached hydrogens (tertiary/aromatic N) is 2. The van der Waals surface area contributed by atoms with Crippen LogP contribution in [0.25, 0.3) is 0 Å². The molecule has 4 rings (SSSR count). The number of amides is 1. The third kappa shape index (κ3) is 5.71. The van der Waals surface area contributed by atoms with E-state index >= 15 is 0 Å². The molecule has 0 radical (unpaired) electrons. The molecule has 0 atom stereocenters. The predicted octanol–water partition coefficient (Wildman–Crippen LogP) is 6.13. The van der Waals surface area contributed by atoms with Crippen LogP contribution in [0.5, 0.6) is 5.75 Å². The minimum Gasteiger partial charge on any atom is -0.486 e. The predicted molar refractivity (Wildman–Crippen MR) is 120 cm³/mol. The van der Waals surface area contributed by atoms with E-state index in [2.05, 4.69) is 10.4 Å². The molecule has 1 amide bonds. The number of carbonyl (C=O) groups is 1. The molecule has 4 aromatic rings. The molecule has 0 bridgehead atoms. The summed E-state index contributed by atoms with van der Waals surface area (Å²) in [5, 5.41) is 7.11. The second kappa shape index (κ2) is 9.65. The van der Waals surface area contributed by atoms with Crippen molar-refractivity contribution < 1.29 is 31.5 Å². The Kier molecular flexibility index (Phi) is 6.63. The number of halogens is 4. The van der Waals surface area contributed by atoms with Crippen LogP contribution in [-0.2, 0) is 19.3 Å². The zero-order valence-corrected chi connectivity index (χ0v) is 18.8. The number of alkyl halides is 3. The Morgan fingerprint density at radius 1 is 1.09 bits per heavy atom. The molecule has 6 nitrogen and oxygen atoms in total. The minimum atomic E-state index is -4.43. The number of anilines is 1. The van der Waals surface area contributed by atoms with Crippen LogP contribution in [-0.4, -0.2) is 15.7 Å². The van der Waals surface area contributed by atoms with Gasteiger partial charge in [0.2, 0.25) is 0 Å². The van der Waals surface area contributed by atoms with Crippen molar-refractivity contribution in [3.05, 3.63) is 101 Å². The zero-order valence-electron chi connectivity index (χ0n) is 18.8. The van der Waals surface area contributed by atoms with Gasteiger partial charge in [0, 0.05) is 0 Å². The number of nitrogens with one attached hydrogen (secondary N) is 1. The van der Waals surface area contributed by atoms with E-state index in [1.165, 1.54) is 41.1 Å². The summed E-state index contributed by atoms with van der Waals surface area (Å²) in [6.45, 7) is 3.56. The van der Waals surface area contributed by atoms with Gasteiger partial charge in [-0.3, -0.25) is 9.48 Å². The summed E-state index contributed by atoms with van der Waals surface area (Å²) >= 11 is 0. The fourth-order valence-corrected chi connectivity index (χ4v) is 3.49. The van der Waals surface area contributed by atoms with E-state index < -0.39 is 17.6 Å². The molecular formula is C25H21F4N3O3. The third-order valence-electron chi connectivity index (χ3n) is 5.29. The summed E-state index contributed by atoms with van der Waals surface area (Å²) in [5.41, 5.74) is 1.23. The fourth-order valence-electron chi connectivity index (χ4n) is 3.49. The second-order valence-electron chi connectivity index (χ2n) is 7.86. The summed E-state index contributed by atoms with van der Waals surface area (Å²) in [7, 11) is 0. The lowest BCUT2D eigenvalue weighted by molar-refractivity contribution is -0.137.